The minimum absolute atomic E-state index is 0.0347. The first-order valence-electron chi connectivity index (χ1n) is 64.9. The van der Waals surface area contributed by atoms with Crippen molar-refractivity contribution in [1.82, 2.24) is 0 Å². The van der Waals surface area contributed by atoms with Crippen LogP contribution in [0.4, 0.5) is 0 Å². The van der Waals surface area contributed by atoms with E-state index in [1.165, 1.54) is 0 Å². The second-order valence-corrected chi connectivity index (χ2v) is 30.3. The third-order valence-electron chi connectivity index (χ3n) is 23.1. The summed E-state index contributed by atoms with van der Waals surface area (Å²) in [5.41, 5.74) is 1.08. The van der Waals surface area contributed by atoms with E-state index in [9.17, 15) is 21.9 Å². The summed E-state index contributed by atoms with van der Waals surface area (Å²) in [5.74, 6) is 0. The Hall–Kier alpha value is -16.2. The van der Waals surface area contributed by atoms with Crippen LogP contribution in [0, 0.1) is 0 Å². The van der Waals surface area contributed by atoms with E-state index in [0.717, 1.165) is 27.8 Å². The van der Waals surface area contributed by atoms with Crippen molar-refractivity contribution in [3.63, 3.8) is 0 Å². The molecule has 126 heavy (non-hydrogen) atoms. The van der Waals surface area contributed by atoms with Gasteiger partial charge in [0.15, 0.2) is 0 Å². The Bertz CT molecular complexity index is 12100. The van der Waals surface area contributed by atoms with Crippen molar-refractivity contribution in [1.29, 1.82) is 0 Å². The van der Waals surface area contributed by atoms with E-state index < -0.39 is 347 Å². The van der Waals surface area contributed by atoms with Gasteiger partial charge in [-0.1, -0.05) is 383 Å². The predicted molar refractivity (Wildman–Crippen MR) is 534 cm³/mol. The molecule has 0 unspecified atom stereocenters. The maximum absolute atomic E-state index is 9.82. The number of fused-ring (bicyclic) bond motifs is 24. The van der Waals surface area contributed by atoms with E-state index in [2.05, 4.69) is 13.8 Å². The molecule has 3 aromatic heterocycles. The number of hydrogen-bond donors (Lipinski definition) is 0. The van der Waals surface area contributed by atoms with Gasteiger partial charge < -0.3 is 13.3 Å². The van der Waals surface area contributed by atoms with Gasteiger partial charge >= 0.3 is 0 Å². The fraction of sp³-hybridized carbons (Fsp3) is 0.0244. The number of furan rings is 3. The number of hydrogen-bond acceptors (Lipinski definition) is 3. The van der Waals surface area contributed by atoms with E-state index >= 15 is 0 Å². The van der Waals surface area contributed by atoms with Crippen LogP contribution in [0.25, 0.3) is 252 Å². The Morgan fingerprint density at radius 1 is 0.190 bits per heavy atom. The topological polar surface area (TPSA) is 39.4 Å². The molecule has 3 nitrogen and oxygen atoms in total. The molecule has 3 heterocycles. The Kier molecular flexibility index (Phi) is 8.76. The van der Waals surface area contributed by atoms with E-state index in [-0.39, 0.29) is 179 Å². The number of rotatable bonds is 7. The molecule has 3 heteroatoms. The van der Waals surface area contributed by atoms with Crippen molar-refractivity contribution in [2.75, 3.05) is 0 Å². The second kappa shape index (κ2) is 29.0. The molecule has 0 N–H and O–H groups in total. The van der Waals surface area contributed by atoms with Gasteiger partial charge in [-0.25, -0.2) is 0 Å². The zero-order chi connectivity index (χ0) is 128. The van der Waals surface area contributed by atoms with Gasteiger partial charge in [-0.2, -0.15) is 0 Å². The fourth-order valence-corrected chi connectivity index (χ4v) is 17.6. The first-order chi connectivity index (χ1) is 83.5. The summed E-state index contributed by atoms with van der Waals surface area (Å²) in [7, 11) is 0. The lowest BCUT2D eigenvalue weighted by atomic mass is 9.81. The van der Waals surface area contributed by atoms with Gasteiger partial charge in [0, 0.05) is 53.9 Å². The smallest absolute Gasteiger partial charge is 0.143 e. The lowest BCUT2D eigenvalue weighted by Gasteiger charge is -2.22. The van der Waals surface area contributed by atoms with E-state index in [1.807, 2.05) is 72.8 Å². The zero-order valence-electron chi connectivity index (χ0n) is 116. The van der Waals surface area contributed by atoms with Gasteiger partial charge in [-0.15, -0.1) is 0 Å². The van der Waals surface area contributed by atoms with Crippen LogP contribution in [0.1, 0.15) is 94.9 Å². The molecule has 0 fully saturated rings. The molecule has 0 radical (unpaired) electrons. The molecule has 0 saturated carbocycles. The Morgan fingerprint density at radius 2 is 0.476 bits per heavy atom. The van der Waals surface area contributed by atoms with Crippen LogP contribution >= 0.6 is 0 Å². The normalized spacial score (nSPS) is 18.1. The summed E-state index contributed by atoms with van der Waals surface area (Å²) in [6, 6.07) is 4.58. The van der Waals surface area contributed by atoms with Gasteiger partial charge in [0.05, 0.1) is 69.9 Å². The molecule has 1 aliphatic rings. The summed E-state index contributed by atoms with van der Waals surface area (Å²) in [6.45, 7) is 4.16. The highest BCUT2D eigenvalue weighted by atomic mass is 16.3. The van der Waals surface area contributed by atoms with Crippen molar-refractivity contribution in [2.24, 2.45) is 0 Å². The molecular formula is C123H78O3. The third kappa shape index (κ3) is 11.5. The minimum atomic E-state index is -0.739. The minimum Gasteiger partial charge on any atom is -0.455 e. The molecule has 0 spiro atoms. The maximum Gasteiger partial charge on any atom is 0.143 e. The summed E-state index contributed by atoms with van der Waals surface area (Å²) >= 11 is 0. The Morgan fingerprint density at radius 3 is 0.849 bits per heavy atom. The van der Waals surface area contributed by atoms with Crippen LogP contribution in [0.5, 0.6) is 0 Å². The largest absolute Gasteiger partial charge is 0.455 e. The van der Waals surface area contributed by atoms with Gasteiger partial charge in [0.1, 0.15) is 33.5 Å². The van der Waals surface area contributed by atoms with Crippen LogP contribution in [-0.2, 0) is 5.41 Å². The molecule has 0 aliphatic heterocycles. The molecular weight excluding hydrogens is 1530 g/mol. The standard InChI is InChI=1S/C45H30O.C42H26O.C36H22O/c1-45(2)39-18-10-9-13-31(39)37-25-28(20-23-40(37)45)42-32-14-5-7-16-34(32)43(35-17-8-6-15-33(35)42)29-21-24-41-38(26-29)36-22-19-27-11-3-4-12-30(27)44(36)46-41;1-2-11-27(12-3-1)29-14-10-15-30(25-29)40-33-17-6-8-19-35(33)41(36-20-9-7-18-34(36)40)31-22-24-39-38(26-31)37-23-21-28-13-4-5-16-32(28)42(37)43-39;1-2-11-24(12-3-1)34-27-14-6-8-16-29(27)35(30-17-9-7-15-28(30)34)25-19-21-33-32(22-25)31-20-18-23-10-4-5-13-26(23)36(31)37-33/h3-26H,1-2H3;1-26H;1-22H/i3D,4D,5D,6D,7D,8D,11D,12D,14D,15D,16D,17D,19D,21D,22D,24D,26D;4D,5D,6D,7D,8D,9D,13D,16D,17D,18D,19D,20D,21D,22D,23D,24D,26D;4D,5D,6D,7D,8D,9D,10D,13D,14D,15D,16D,17D,18D,19D,20D,21D,22D. The van der Waals surface area contributed by atoms with Crippen LogP contribution in [0.15, 0.2) is 449 Å². The van der Waals surface area contributed by atoms with Gasteiger partial charge in [0.2, 0.25) is 0 Å². The van der Waals surface area contributed by atoms with Gasteiger partial charge in [0.25, 0.3) is 0 Å². The fourth-order valence-electron chi connectivity index (χ4n) is 17.6. The second-order valence-electron chi connectivity index (χ2n) is 30.3. The molecule has 0 bridgehead atoms. The quantitative estimate of drug-likeness (QED) is 0.149. The lowest BCUT2D eigenvalue weighted by molar-refractivity contribution is 0.660. The SMILES string of the molecule is [2H]c1c(-c2c3c([2H])c([2H])c([2H])c([2H])c3c(-c3ccc4c(c3)-c3ccccc3C4(C)C)c3c([2H])c([2H])c([2H])c([2H])c23)c([2H])c2c(oc3c4c([2H])c([2H])c([2H])c([2H])c4c([2H])c([2H])c32)c1[2H].[2H]c1c(-c2c3c([2H])c([2H])c([2H])c([2H])c3c(-c3cccc(-c4ccccc4)c3)c3c([2H])c([2H])c([2H])c([2H])c23)c([2H])c2c(oc3c4c([2H])c([2H])c([2H])c([2H])c4c([2H])c([2H])c32)c1[2H].[2H]c1c(-c2c3c([2H])c([2H])c([2H])c([2H])c3c(-c3ccccc3)c3c([2H])c([2H])c([2H])c([2H])c23)c([2H])c2c(oc3c4c([2H])c([2H])c([2H])c([2H])c4c([2H])c([2H])c32)c1[2H]. The molecule has 0 atom stereocenters. The molecule has 23 aromatic carbocycles. The first-order valence-corrected chi connectivity index (χ1v) is 39.4. The summed E-state index contributed by atoms with van der Waals surface area (Å²) in [6.07, 6.45) is 0. The highest BCUT2D eigenvalue weighted by molar-refractivity contribution is 6.27. The molecule has 27 rings (SSSR count). The van der Waals surface area contributed by atoms with E-state index in [4.69, 9.17) is 61.2 Å². The van der Waals surface area contributed by atoms with E-state index in [0.29, 0.717) is 22.3 Å². The third-order valence-corrected chi connectivity index (χ3v) is 23.1. The highest BCUT2D eigenvalue weighted by Crippen LogP contribution is 2.54. The van der Waals surface area contributed by atoms with Crippen LogP contribution < -0.4 is 0 Å². The van der Waals surface area contributed by atoms with Crippen LogP contribution in [0.3, 0.4) is 0 Å². The van der Waals surface area contributed by atoms with E-state index in [1.54, 1.807) is 54.6 Å². The summed E-state index contributed by atoms with van der Waals surface area (Å²) in [5, 5.41) is -6.52. The van der Waals surface area contributed by atoms with Gasteiger partial charge in [-0.3, -0.25) is 0 Å². The van der Waals surface area contributed by atoms with Crippen LogP contribution in [-0.4, -0.2) is 0 Å². The molecule has 0 saturated heterocycles. The molecule has 588 valence electrons. The average Bonchev–Trinajstić information content (AvgIpc) is 1.65. The van der Waals surface area contributed by atoms with Crippen molar-refractivity contribution < 1.29 is 83.2 Å². The van der Waals surface area contributed by atoms with Crippen molar-refractivity contribution in [2.45, 2.75) is 19.3 Å². The predicted octanol–water partition coefficient (Wildman–Crippen LogP) is 35.1. The van der Waals surface area contributed by atoms with Crippen molar-refractivity contribution in [3.8, 4) is 89.0 Å². The highest BCUT2D eigenvalue weighted by Gasteiger charge is 2.36. The molecule has 26 aromatic rings. The number of benzene rings is 23. The van der Waals surface area contributed by atoms with Crippen LogP contribution in [0.2, 0.25) is 0 Å². The monoisotopic (exact) mass is 1650 g/mol. The van der Waals surface area contributed by atoms with Crippen molar-refractivity contribution in [3.05, 3.63) is 447 Å². The average molecular weight is 1660 g/mol. The lowest BCUT2D eigenvalue weighted by Crippen LogP contribution is -2.14. The molecule has 1 aliphatic carbocycles. The Balaban J connectivity index is 0.000000132. The molecule has 0 amide bonds. The maximum atomic E-state index is 9.82. The Labute approximate surface area is 798 Å². The zero-order valence-corrected chi connectivity index (χ0v) is 65.3. The van der Waals surface area contributed by atoms with Gasteiger partial charge in [-0.05, 0) is 247 Å². The first kappa shape index (κ1) is 38.1. The summed E-state index contributed by atoms with van der Waals surface area (Å²) < 4.78 is 474. The van der Waals surface area contributed by atoms with Crippen molar-refractivity contribution >= 4 is 163 Å². The summed E-state index contributed by atoms with van der Waals surface area (Å²) in [4.78, 5) is 0.